The number of hydrogen-bond donors (Lipinski definition) is 1. The highest BCUT2D eigenvalue weighted by Gasteiger charge is 2.09. The lowest BCUT2D eigenvalue weighted by atomic mass is 10.2. The Morgan fingerprint density at radius 3 is 2.45 bits per heavy atom. The maximum atomic E-state index is 12.3. The van der Waals surface area contributed by atoms with Gasteiger partial charge >= 0.3 is 0 Å². The number of nitrogens with zero attached hydrogens (tertiary/aromatic N) is 1. The Balaban J connectivity index is 2.39. The minimum absolute atomic E-state index is 0.124. The highest BCUT2D eigenvalue weighted by molar-refractivity contribution is 7.80. The zero-order valence-electron chi connectivity index (χ0n) is 11.4. The van der Waals surface area contributed by atoms with Crippen LogP contribution < -0.4 is 16.0 Å². The van der Waals surface area contributed by atoms with Crippen molar-refractivity contribution in [2.45, 2.75) is 13.5 Å². The third-order valence-electron chi connectivity index (χ3n) is 3.16. The van der Waals surface area contributed by atoms with Gasteiger partial charge in [-0.25, -0.2) is 0 Å². The molecule has 2 N–H and O–H groups in total. The first kappa shape index (κ1) is 14.3. The third kappa shape index (κ3) is 2.88. The van der Waals surface area contributed by atoms with Crippen molar-refractivity contribution >= 4 is 17.2 Å². The molecule has 2 aromatic rings. The standard InChI is InChI=1S/C15H16N2O2S/c1-10-3-8-13(14(16)20)15(18)17(10)9-11-4-6-12(19-2)7-5-11/h3-8H,9H2,1-2H3,(H2,16,20). The van der Waals surface area contributed by atoms with E-state index in [1.165, 1.54) is 0 Å². The van der Waals surface area contributed by atoms with E-state index in [9.17, 15) is 4.79 Å². The molecule has 0 aliphatic rings. The van der Waals surface area contributed by atoms with Crippen LogP contribution in [0.4, 0.5) is 0 Å². The molecule has 0 saturated carbocycles. The van der Waals surface area contributed by atoms with E-state index in [1.54, 1.807) is 17.7 Å². The Labute approximate surface area is 122 Å². The summed E-state index contributed by atoms with van der Waals surface area (Å²) >= 11 is 4.90. The predicted molar refractivity (Wildman–Crippen MR) is 83.4 cm³/mol. The minimum atomic E-state index is -0.159. The van der Waals surface area contributed by atoms with Crippen molar-refractivity contribution in [1.82, 2.24) is 4.57 Å². The van der Waals surface area contributed by atoms with Crippen LogP contribution in [0.2, 0.25) is 0 Å². The fraction of sp³-hybridized carbons (Fsp3) is 0.200. The lowest BCUT2D eigenvalue weighted by molar-refractivity contribution is 0.414. The molecule has 0 amide bonds. The molecule has 1 aromatic carbocycles. The van der Waals surface area contributed by atoms with E-state index < -0.39 is 0 Å². The van der Waals surface area contributed by atoms with Crippen molar-refractivity contribution in [3.63, 3.8) is 0 Å². The van der Waals surface area contributed by atoms with Crippen LogP contribution in [0.15, 0.2) is 41.2 Å². The summed E-state index contributed by atoms with van der Waals surface area (Å²) in [6.45, 7) is 2.36. The molecule has 0 bridgehead atoms. The molecule has 1 heterocycles. The second kappa shape index (κ2) is 5.88. The Morgan fingerprint density at radius 1 is 1.25 bits per heavy atom. The van der Waals surface area contributed by atoms with Crippen molar-refractivity contribution in [2.24, 2.45) is 5.73 Å². The van der Waals surface area contributed by atoms with Gasteiger partial charge in [0.05, 0.1) is 19.2 Å². The smallest absolute Gasteiger partial charge is 0.261 e. The number of methoxy groups -OCH3 is 1. The van der Waals surface area contributed by atoms with Crippen LogP contribution in [-0.2, 0) is 6.54 Å². The summed E-state index contributed by atoms with van der Waals surface area (Å²) in [5.74, 6) is 0.787. The third-order valence-corrected chi connectivity index (χ3v) is 3.38. The zero-order valence-corrected chi connectivity index (χ0v) is 12.2. The van der Waals surface area contributed by atoms with Gasteiger partial charge in [-0.1, -0.05) is 24.4 Å². The highest BCUT2D eigenvalue weighted by atomic mass is 32.1. The predicted octanol–water partition coefficient (Wildman–Crippen LogP) is 1.85. The molecule has 20 heavy (non-hydrogen) atoms. The maximum absolute atomic E-state index is 12.3. The van der Waals surface area contributed by atoms with E-state index in [4.69, 9.17) is 22.7 Å². The van der Waals surface area contributed by atoms with E-state index >= 15 is 0 Å². The quantitative estimate of drug-likeness (QED) is 0.872. The van der Waals surface area contributed by atoms with Gasteiger partial charge in [0, 0.05) is 5.69 Å². The van der Waals surface area contributed by atoms with Crippen molar-refractivity contribution < 1.29 is 4.74 Å². The van der Waals surface area contributed by atoms with Crippen molar-refractivity contribution in [2.75, 3.05) is 7.11 Å². The van der Waals surface area contributed by atoms with E-state index in [2.05, 4.69) is 0 Å². The zero-order chi connectivity index (χ0) is 14.7. The van der Waals surface area contributed by atoms with E-state index in [1.807, 2.05) is 37.3 Å². The van der Waals surface area contributed by atoms with Gasteiger partial charge in [-0.2, -0.15) is 0 Å². The van der Waals surface area contributed by atoms with Gasteiger partial charge in [0.2, 0.25) is 0 Å². The first-order valence-electron chi connectivity index (χ1n) is 6.16. The molecule has 0 atom stereocenters. The SMILES string of the molecule is COc1ccc(Cn2c(C)ccc(C(N)=S)c2=O)cc1. The van der Waals surface area contributed by atoms with Crippen LogP contribution in [-0.4, -0.2) is 16.7 Å². The molecule has 2 rings (SSSR count). The lowest BCUT2D eigenvalue weighted by Crippen LogP contribution is -2.30. The average molecular weight is 288 g/mol. The summed E-state index contributed by atoms with van der Waals surface area (Å²) in [5, 5.41) is 0. The van der Waals surface area contributed by atoms with Crippen molar-refractivity contribution in [3.8, 4) is 5.75 Å². The molecule has 0 radical (unpaired) electrons. The molecule has 0 spiro atoms. The Morgan fingerprint density at radius 2 is 1.90 bits per heavy atom. The monoisotopic (exact) mass is 288 g/mol. The van der Waals surface area contributed by atoms with Crippen LogP contribution in [0.1, 0.15) is 16.8 Å². The first-order chi connectivity index (χ1) is 9.52. The number of nitrogens with two attached hydrogens (primary N) is 1. The minimum Gasteiger partial charge on any atom is -0.497 e. The second-order valence-corrected chi connectivity index (χ2v) is 4.93. The van der Waals surface area contributed by atoms with Crippen molar-refractivity contribution in [3.05, 3.63) is 63.6 Å². The van der Waals surface area contributed by atoms with Crippen LogP contribution in [0.25, 0.3) is 0 Å². The molecular formula is C15H16N2O2S. The molecule has 0 fully saturated rings. The van der Waals surface area contributed by atoms with Gasteiger partial charge in [0.15, 0.2) is 0 Å². The Hall–Kier alpha value is -2.14. The van der Waals surface area contributed by atoms with Gasteiger partial charge in [-0.15, -0.1) is 0 Å². The van der Waals surface area contributed by atoms with E-state index in [-0.39, 0.29) is 10.5 Å². The highest BCUT2D eigenvalue weighted by Crippen LogP contribution is 2.12. The number of ether oxygens (including phenoxy) is 1. The number of rotatable bonds is 4. The van der Waals surface area contributed by atoms with E-state index in [0.29, 0.717) is 12.1 Å². The molecule has 5 heteroatoms. The lowest BCUT2D eigenvalue weighted by Gasteiger charge is -2.12. The van der Waals surface area contributed by atoms with Gasteiger partial charge in [0.1, 0.15) is 10.7 Å². The summed E-state index contributed by atoms with van der Waals surface area (Å²) in [6.07, 6.45) is 0. The maximum Gasteiger partial charge on any atom is 0.261 e. The molecule has 4 nitrogen and oxygen atoms in total. The molecule has 104 valence electrons. The van der Waals surface area contributed by atoms with Crippen LogP contribution >= 0.6 is 12.2 Å². The van der Waals surface area contributed by atoms with Gasteiger partial charge in [0.25, 0.3) is 5.56 Å². The van der Waals surface area contributed by atoms with Crippen molar-refractivity contribution in [1.29, 1.82) is 0 Å². The van der Waals surface area contributed by atoms with Crippen LogP contribution in [0.5, 0.6) is 5.75 Å². The topological polar surface area (TPSA) is 57.2 Å². The van der Waals surface area contributed by atoms with Gasteiger partial charge in [-0.3, -0.25) is 4.79 Å². The molecule has 0 saturated heterocycles. The largest absolute Gasteiger partial charge is 0.497 e. The number of thiocarbonyl (C=S) groups is 1. The van der Waals surface area contributed by atoms with Gasteiger partial charge in [-0.05, 0) is 36.8 Å². The Kier molecular flexibility index (Phi) is 4.20. The molecule has 1 aromatic heterocycles. The molecular weight excluding hydrogens is 272 g/mol. The number of aromatic nitrogens is 1. The second-order valence-electron chi connectivity index (χ2n) is 4.49. The van der Waals surface area contributed by atoms with Gasteiger partial charge < -0.3 is 15.0 Å². The summed E-state index contributed by atoms with van der Waals surface area (Å²) in [4.78, 5) is 12.5. The van der Waals surface area contributed by atoms with Crippen LogP contribution in [0.3, 0.4) is 0 Å². The molecule has 0 unspecified atom stereocenters. The first-order valence-corrected chi connectivity index (χ1v) is 6.57. The summed E-state index contributed by atoms with van der Waals surface area (Å²) in [6, 6.07) is 11.1. The number of aryl methyl sites for hydroxylation is 1. The van der Waals surface area contributed by atoms with E-state index in [0.717, 1.165) is 17.0 Å². The summed E-state index contributed by atoms with van der Waals surface area (Å²) in [5.41, 5.74) is 7.66. The van der Waals surface area contributed by atoms with Crippen LogP contribution in [0, 0.1) is 6.92 Å². The fourth-order valence-corrected chi connectivity index (χ4v) is 2.12. The molecule has 0 aliphatic carbocycles. The Bertz CT molecular complexity index is 690. The fourth-order valence-electron chi connectivity index (χ4n) is 1.97. The molecule has 0 aliphatic heterocycles. The normalized spacial score (nSPS) is 10.3. The summed E-state index contributed by atoms with van der Waals surface area (Å²) in [7, 11) is 1.62. The average Bonchev–Trinajstić information content (AvgIpc) is 2.43. The number of pyridine rings is 1. The number of hydrogen-bond acceptors (Lipinski definition) is 3. The summed E-state index contributed by atoms with van der Waals surface area (Å²) < 4.78 is 6.78. The number of benzene rings is 1.